The summed E-state index contributed by atoms with van der Waals surface area (Å²) in [5.74, 6) is 0.599. The second-order valence-corrected chi connectivity index (χ2v) is 5.85. The lowest BCUT2D eigenvalue weighted by atomic mass is 10.0. The first kappa shape index (κ1) is 17.0. The summed E-state index contributed by atoms with van der Waals surface area (Å²) in [6, 6.07) is 8.13. The third kappa shape index (κ3) is 6.40. The van der Waals surface area contributed by atoms with Crippen LogP contribution < -0.4 is 10.6 Å². The van der Waals surface area contributed by atoms with E-state index in [4.69, 9.17) is 11.6 Å². The van der Waals surface area contributed by atoms with Crippen molar-refractivity contribution >= 4 is 17.5 Å². The third-order valence-electron chi connectivity index (χ3n) is 3.13. The van der Waals surface area contributed by atoms with Gasteiger partial charge in [-0.3, -0.25) is 4.79 Å². The molecule has 0 aliphatic heterocycles. The average molecular weight is 297 g/mol. The minimum absolute atomic E-state index is 0.108. The van der Waals surface area contributed by atoms with Crippen molar-refractivity contribution in [2.45, 2.75) is 39.7 Å². The number of hydrogen-bond donors (Lipinski definition) is 2. The van der Waals surface area contributed by atoms with Crippen LogP contribution in [0.5, 0.6) is 0 Å². The molecule has 0 spiro atoms. The summed E-state index contributed by atoms with van der Waals surface area (Å²) in [5.41, 5.74) is 1.21. The molecule has 1 rings (SSSR count). The molecule has 0 bridgehead atoms. The van der Waals surface area contributed by atoms with Crippen molar-refractivity contribution < 1.29 is 4.79 Å². The van der Waals surface area contributed by atoms with Crippen molar-refractivity contribution in [3.8, 4) is 0 Å². The molecule has 1 unspecified atom stereocenters. The van der Waals surface area contributed by atoms with Crippen LogP contribution in [0.4, 0.5) is 0 Å². The number of amides is 1. The summed E-state index contributed by atoms with van der Waals surface area (Å²) in [4.78, 5) is 11.6. The van der Waals surface area contributed by atoms with Crippen molar-refractivity contribution in [1.29, 1.82) is 0 Å². The van der Waals surface area contributed by atoms with Gasteiger partial charge in [0.2, 0.25) is 5.91 Å². The smallest absolute Gasteiger partial charge is 0.221 e. The Morgan fingerprint density at radius 1 is 1.25 bits per heavy atom. The molecule has 4 heteroatoms. The first-order chi connectivity index (χ1) is 9.52. The quantitative estimate of drug-likeness (QED) is 0.770. The highest BCUT2D eigenvalue weighted by Crippen LogP contribution is 2.18. The summed E-state index contributed by atoms with van der Waals surface area (Å²) in [6.45, 7) is 7.74. The molecular formula is C16H25ClN2O. The molecule has 0 heterocycles. The molecular weight excluding hydrogens is 272 g/mol. The largest absolute Gasteiger partial charge is 0.356 e. The zero-order valence-corrected chi connectivity index (χ0v) is 13.3. The van der Waals surface area contributed by atoms with E-state index in [1.54, 1.807) is 0 Å². The summed E-state index contributed by atoms with van der Waals surface area (Å²) >= 11 is 5.89. The number of halogens is 1. The highest BCUT2D eigenvalue weighted by molar-refractivity contribution is 6.30. The molecule has 0 aliphatic carbocycles. The Bertz CT molecular complexity index is 403. The van der Waals surface area contributed by atoms with Crippen LogP contribution in [0, 0.1) is 5.92 Å². The molecule has 0 fully saturated rings. The fourth-order valence-corrected chi connectivity index (χ4v) is 2.09. The molecule has 0 aliphatic rings. The number of nitrogens with one attached hydrogen (secondary N) is 2. The number of hydrogen-bond acceptors (Lipinski definition) is 2. The van der Waals surface area contributed by atoms with E-state index < -0.39 is 0 Å². The highest BCUT2D eigenvalue weighted by Gasteiger charge is 2.09. The third-order valence-corrected chi connectivity index (χ3v) is 3.38. The summed E-state index contributed by atoms with van der Waals surface area (Å²) < 4.78 is 0. The molecule has 0 radical (unpaired) electrons. The minimum atomic E-state index is 0.108. The van der Waals surface area contributed by atoms with Gasteiger partial charge in [0.25, 0.3) is 0 Å². The monoisotopic (exact) mass is 296 g/mol. The lowest BCUT2D eigenvalue weighted by Crippen LogP contribution is -2.31. The van der Waals surface area contributed by atoms with Crippen molar-refractivity contribution in [3.63, 3.8) is 0 Å². The Kier molecular flexibility index (Phi) is 7.63. The van der Waals surface area contributed by atoms with E-state index in [1.165, 1.54) is 5.56 Å². The lowest BCUT2D eigenvalue weighted by molar-refractivity contribution is -0.121. The van der Waals surface area contributed by atoms with Crippen LogP contribution in [0.1, 0.15) is 45.2 Å². The zero-order valence-electron chi connectivity index (χ0n) is 12.6. The Hall–Kier alpha value is -1.06. The summed E-state index contributed by atoms with van der Waals surface area (Å²) in [5, 5.41) is 7.09. The second-order valence-electron chi connectivity index (χ2n) is 5.41. The van der Waals surface area contributed by atoms with Crippen molar-refractivity contribution in [2.75, 3.05) is 13.1 Å². The predicted molar refractivity (Wildman–Crippen MR) is 85.0 cm³/mol. The topological polar surface area (TPSA) is 41.1 Å². The maximum atomic E-state index is 11.6. The Morgan fingerprint density at radius 2 is 1.90 bits per heavy atom. The molecule has 1 aromatic rings. The van der Waals surface area contributed by atoms with Gasteiger partial charge in [-0.15, -0.1) is 0 Å². The zero-order chi connectivity index (χ0) is 15.0. The number of carbonyl (C=O) groups is 1. The van der Waals surface area contributed by atoms with Crippen LogP contribution in [0.15, 0.2) is 24.3 Å². The molecule has 112 valence electrons. The van der Waals surface area contributed by atoms with Gasteiger partial charge in [0.15, 0.2) is 0 Å². The van der Waals surface area contributed by atoms with E-state index in [1.807, 2.05) is 24.3 Å². The van der Waals surface area contributed by atoms with Gasteiger partial charge in [-0.1, -0.05) is 44.5 Å². The summed E-state index contributed by atoms with van der Waals surface area (Å²) in [6.07, 6.45) is 1.49. The Balaban J connectivity index is 2.35. The van der Waals surface area contributed by atoms with E-state index in [2.05, 4.69) is 31.4 Å². The van der Waals surface area contributed by atoms with Crippen molar-refractivity contribution in [3.05, 3.63) is 34.9 Å². The molecule has 3 nitrogen and oxygen atoms in total. The fourth-order valence-electron chi connectivity index (χ4n) is 1.96. The van der Waals surface area contributed by atoms with E-state index >= 15 is 0 Å². The maximum absolute atomic E-state index is 11.6. The van der Waals surface area contributed by atoms with E-state index in [9.17, 15) is 4.79 Å². The first-order valence-corrected chi connectivity index (χ1v) is 7.66. The van der Waals surface area contributed by atoms with Crippen LogP contribution >= 0.6 is 11.6 Å². The normalized spacial score (nSPS) is 12.4. The van der Waals surface area contributed by atoms with E-state index in [0.717, 1.165) is 18.0 Å². The fraction of sp³-hybridized carbons (Fsp3) is 0.562. The highest BCUT2D eigenvalue weighted by atomic mass is 35.5. The molecule has 0 saturated heterocycles. The predicted octanol–water partition coefficient (Wildman–Crippen LogP) is 3.54. The van der Waals surface area contributed by atoms with Gasteiger partial charge in [0, 0.05) is 30.6 Å². The SMILES string of the molecule is CCC(NCCC(=O)NCC(C)C)c1ccc(Cl)cc1. The van der Waals surface area contributed by atoms with Gasteiger partial charge in [-0.05, 0) is 30.0 Å². The van der Waals surface area contributed by atoms with Gasteiger partial charge < -0.3 is 10.6 Å². The standard InChI is InChI=1S/C16H25ClN2O/c1-4-15(13-5-7-14(17)8-6-13)18-10-9-16(20)19-11-12(2)3/h5-8,12,15,18H,4,9-11H2,1-3H3,(H,19,20). The Labute approximate surface area is 127 Å². The van der Waals surface area contributed by atoms with Crippen LogP contribution in [0.2, 0.25) is 5.02 Å². The van der Waals surface area contributed by atoms with E-state index in [0.29, 0.717) is 18.9 Å². The number of rotatable bonds is 8. The second kappa shape index (κ2) is 8.98. The van der Waals surface area contributed by atoms with Crippen LogP contribution in [0.3, 0.4) is 0 Å². The van der Waals surface area contributed by atoms with Gasteiger partial charge >= 0.3 is 0 Å². The number of benzene rings is 1. The average Bonchev–Trinajstić information content (AvgIpc) is 2.42. The molecule has 0 saturated carbocycles. The minimum Gasteiger partial charge on any atom is -0.356 e. The summed E-state index contributed by atoms with van der Waals surface area (Å²) in [7, 11) is 0. The Morgan fingerprint density at radius 3 is 2.45 bits per heavy atom. The number of carbonyl (C=O) groups excluding carboxylic acids is 1. The molecule has 1 atom stereocenters. The molecule has 1 aromatic carbocycles. The molecule has 20 heavy (non-hydrogen) atoms. The van der Waals surface area contributed by atoms with Gasteiger partial charge in [-0.2, -0.15) is 0 Å². The van der Waals surface area contributed by atoms with E-state index in [-0.39, 0.29) is 11.9 Å². The van der Waals surface area contributed by atoms with Crippen molar-refractivity contribution in [2.24, 2.45) is 5.92 Å². The van der Waals surface area contributed by atoms with Gasteiger partial charge in [0.05, 0.1) is 0 Å². The first-order valence-electron chi connectivity index (χ1n) is 7.28. The van der Waals surface area contributed by atoms with Gasteiger partial charge in [0.1, 0.15) is 0 Å². The molecule has 2 N–H and O–H groups in total. The molecule has 0 aromatic heterocycles. The maximum Gasteiger partial charge on any atom is 0.221 e. The molecule has 1 amide bonds. The van der Waals surface area contributed by atoms with Crippen molar-refractivity contribution in [1.82, 2.24) is 10.6 Å². The van der Waals surface area contributed by atoms with Crippen LogP contribution in [-0.2, 0) is 4.79 Å². The van der Waals surface area contributed by atoms with Crippen LogP contribution in [-0.4, -0.2) is 19.0 Å². The van der Waals surface area contributed by atoms with Gasteiger partial charge in [-0.25, -0.2) is 0 Å². The lowest BCUT2D eigenvalue weighted by Gasteiger charge is -2.17. The van der Waals surface area contributed by atoms with Crippen LogP contribution in [0.25, 0.3) is 0 Å².